The minimum Gasteiger partial charge on any atom is -0.396 e. The molecule has 1 aliphatic carbocycles. The van der Waals surface area contributed by atoms with Gasteiger partial charge < -0.3 is 10.4 Å². The van der Waals surface area contributed by atoms with E-state index in [9.17, 15) is 13.9 Å². The van der Waals surface area contributed by atoms with Crippen molar-refractivity contribution >= 4 is 5.69 Å². The van der Waals surface area contributed by atoms with E-state index in [0.717, 1.165) is 25.3 Å². The molecule has 1 aliphatic rings. The number of halogens is 2. The topological polar surface area (TPSA) is 32.3 Å². The fourth-order valence-corrected chi connectivity index (χ4v) is 1.98. The minimum absolute atomic E-state index is 0.110. The van der Waals surface area contributed by atoms with E-state index in [-0.39, 0.29) is 12.0 Å². The van der Waals surface area contributed by atoms with Crippen LogP contribution in [0.3, 0.4) is 0 Å². The third-order valence-electron chi connectivity index (χ3n) is 3.33. The Morgan fingerprint density at radius 2 is 2.06 bits per heavy atom. The molecule has 0 atom stereocenters. The lowest BCUT2D eigenvalue weighted by Crippen LogP contribution is -2.39. The van der Waals surface area contributed by atoms with Crippen molar-refractivity contribution in [3.8, 4) is 0 Å². The van der Waals surface area contributed by atoms with Crippen molar-refractivity contribution in [1.82, 2.24) is 0 Å². The summed E-state index contributed by atoms with van der Waals surface area (Å²) in [5, 5.41) is 12.2. The maximum absolute atomic E-state index is 13.3. The van der Waals surface area contributed by atoms with Crippen molar-refractivity contribution < 1.29 is 13.9 Å². The number of hydrogen-bond acceptors (Lipinski definition) is 2. The molecule has 16 heavy (non-hydrogen) atoms. The van der Waals surface area contributed by atoms with Crippen molar-refractivity contribution in [1.29, 1.82) is 0 Å². The van der Waals surface area contributed by atoms with Crippen molar-refractivity contribution in [2.24, 2.45) is 5.41 Å². The summed E-state index contributed by atoms with van der Waals surface area (Å²) in [5.41, 5.74) is 0.182. The zero-order valence-corrected chi connectivity index (χ0v) is 8.97. The number of anilines is 1. The second-order valence-corrected chi connectivity index (χ2v) is 4.49. The minimum atomic E-state index is -0.590. The lowest BCUT2D eigenvalue weighted by Gasteiger charge is -2.40. The van der Waals surface area contributed by atoms with Crippen LogP contribution in [0.1, 0.15) is 19.3 Å². The number of aliphatic hydroxyl groups is 1. The van der Waals surface area contributed by atoms with E-state index in [2.05, 4.69) is 5.32 Å². The summed E-state index contributed by atoms with van der Waals surface area (Å²) in [5.74, 6) is -1.17. The monoisotopic (exact) mass is 227 g/mol. The first-order chi connectivity index (χ1) is 7.65. The molecule has 2 rings (SSSR count). The molecule has 0 amide bonds. The van der Waals surface area contributed by atoms with Crippen LogP contribution in [-0.4, -0.2) is 18.3 Å². The number of aliphatic hydroxyl groups excluding tert-OH is 1. The largest absolute Gasteiger partial charge is 0.396 e. The molecule has 0 spiro atoms. The molecule has 2 N–H and O–H groups in total. The number of benzene rings is 1. The maximum atomic E-state index is 13.3. The van der Waals surface area contributed by atoms with Crippen molar-refractivity contribution in [3.05, 3.63) is 29.8 Å². The molecule has 0 aromatic heterocycles. The number of nitrogens with one attached hydrogen (secondary N) is 1. The number of hydrogen-bond donors (Lipinski definition) is 2. The third kappa shape index (κ3) is 2.16. The molecule has 1 aromatic carbocycles. The molecular formula is C12H15F2NO. The highest BCUT2D eigenvalue weighted by Gasteiger charge is 2.36. The Hall–Kier alpha value is -1.16. The molecule has 88 valence electrons. The maximum Gasteiger partial charge on any atom is 0.149 e. The van der Waals surface area contributed by atoms with Gasteiger partial charge in [0, 0.05) is 18.0 Å². The van der Waals surface area contributed by atoms with Gasteiger partial charge in [-0.2, -0.15) is 0 Å². The normalized spacial score (nSPS) is 17.9. The first kappa shape index (κ1) is 11.3. The van der Waals surface area contributed by atoms with Crippen LogP contribution >= 0.6 is 0 Å². The van der Waals surface area contributed by atoms with Gasteiger partial charge in [0.1, 0.15) is 11.6 Å². The Kier molecular flexibility index (Phi) is 3.10. The molecule has 4 heteroatoms. The lowest BCUT2D eigenvalue weighted by molar-refractivity contribution is 0.0576. The van der Waals surface area contributed by atoms with Crippen LogP contribution in [-0.2, 0) is 0 Å². The smallest absolute Gasteiger partial charge is 0.149 e. The van der Waals surface area contributed by atoms with Crippen LogP contribution in [0.5, 0.6) is 0 Å². The van der Waals surface area contributed by atoms with Gasteiger partial charge in [0.25, 0.3) is 0 Å². The van der Waals surface area contributed by atoms with Crippen LogP contribution < -0.4 is 5.32 Å². The molecule has 1 aromatic rings. The van der Waals surface area contributed by atoms with Crippen LogP contribution in [0.4, 0.5) is 14.5 Å². The SMILES string of the molecule is OCC1(CNc2ccc(F)cc2F)CCC1. The Labute approximate surface area is 93.3 Å². The highest BCUT2D eigenvalue weighted by atomic mass is 19.1. The molecule has 0 bridgehead atoms. The van der Waals surface area contributed by atoms with Crippen LogP contribution in [0.2, 0.25) is 0 Å². The summed E-state index contributed by atoms with van der Waals surface area (Å²) in [7, 11) is 0. The molecule has 0 aliphatic heterocycles. The average molecular weight is 227 g/mol. The highest BCUT2D eigenvalue weighted by Crippen LogP contribution is 2.40. The van der Waals surface area contributed by atoms with E-state index in [0.29, 0.717) is 12.2 Å². The standard InChI is InChI=1S/C12H15F2NO/c13-9-2-3-11(10(14)6-9)15-7-12(8-16)4-1-5-12/h2-3,6,15-16H,1,4-5,7-8H2. The summed E-state index contributed by atoms with van der Waals surface area (Å²) in [6.45, 7) is 0.648. The predicted molar refractivity (Wildman–Crippen MR) is 58.2 cm³/mol. The molecule has 1 saturated carbocycles. The third-order valence-corrected chi connectivity index (χ3v) is 3.33. The summed E-state index contributed by atoms with van der Waals surface area (Å²) in [6.07, 6.45) is 3.02. The number of rotatable bonds is 4. The Morgan fingerprint density at radius 3 is 2.56 bits per heavy atom. The molecule has 2 nitrogen and oxygen atoms in total. The van der Waals surface area contributed by atoms with E-state index < -0.39 is 11.6 Å². The van der Waals surface area contributed by atoms with Crippen LogP contribution in [0.15, 0.2) is 18.2 Å². The van der Waals surface area contributed by atoms with Gasteiger partial charge in [-0.15, -0.1) is 0 Å². The van der Waals surface area contributed by atoms with Crippen molar-refractivity contribution in [2.75, 3.05) is 18.5 Å². The molecule has 0 heterocycles. The first-order valence-corrected chi connectivity index (χ1v) is 5.45. The molecule has 0 saturated heterocycles. The predicted octanol–water partition coefficient (Wildman–Crippen LogP) is 2.54. The van der Waals surface area contributed by atoms with Gasteiger partial charge in [-0.3, -0.25) is 0 Å². The molecule has 1 fully saturated rings. The Morgan fingerprint density at radius 1 is 1.31 bits per heavy atom. The van der Waals surface area contributed by atoms with E-state index in [1.807, 2.05) is 0 Å². The van der Waals surface area contributed by atoms with Gasteiger partial charge in [-0.25, -0.2) is 8.78 Å². The zero-order chi connectivity index (χ0) is 11.6. The second-order valence-electron chi connectivity index (χ2n) is 4.49. The van der Waals surface area contributed by atoms with E-state index in [1.54, 1.807) is 0 Å². The fourth-order valence-electron chi connectivity index (χ4n) is 1.98. The quantitative estimate of drug-likeness (QED) is 0.828. The van der Waals surface area contributed by atoms with Gasteiger partial charge in [0.15, 0.2) is 0 Å². The molecule has 0 unspecified atom stereocenters. The highest BCUT2D eigenvalue weighted by molar-refractivity contribution is 5.44. The Bertz CT molecular complexity index is 372. The molecule has 0 radical (unpaired) electrons. The summed E-state index contributed by atoms with van der Waals surface area (Å²) in [4.78, 5) is 0. The summed E-state index contributed by atoms with van der Waals surface area (Å²) in [6, 6.07) is 3.46. The fraction of sp³-hybridized carbons (Fsp3) is 0.500. The summed E-state index contributed by atoms with van der Waals surface area (Å²) < 4.78 is 25.9. The zero-order valence-electron chi connectivity index (χ0n) is 8.97. The van der Waals surface area contributed by atoms with Crippen molar-refractivity contribution in [2.45, 2.75) is 19.3 Å². The van der Waals surface area contributed by atoms with Gasteiger partial charge in [-0.05, 0) is 25.0 Å². The van der Waals surface area contributed by atoms with Crippen LogP contribution in [0, 0.1) is 17.0 Å². The second kappa shape index (κ2) is 4.37. The van der Waals surface area contributed by atoms with Gasteiger partial charge in [0.05, 0.1) is 12.3 Å². The van der Waals surface area contributed by atoms with Gasteiger partial charge in [0.2, 0.25) is 0 Å². The first-order valence-electron chi connectivity index (χ1n) is 5.45. The Balaban J connectivity index is 1.99. The van der Waals surface area contributed by atoms with E-state index in [1.165, 1.54) is 12.1 Å². The van der Waals surface area contributed by atoms with E-state index >= 15 is 0 Å². The van der Waals surface area contributed by atoms with Crippen LogP contribution in [0.25, 0.3) is 0 Å². The average Bonchev–Trinajstić information content (AvgIpc) is 2.19. The van der Waals surface area contributed by atoms with Gasteiger partial charge in [-0.1, -0.05) is 6.42 Å². The van der Waals surface area contributed by atoms with Gasteiger partial charge >= 0.3 is 0 Å². The van der Waals surface area contributed by atoms with E-state index in [4.69, 9.17) is 0 Å². The molecular weight excluding hydrogens is 212 g/mol. The summed E-state index contributed by atoms with van der Waals surface area (Å²) >= 11 is 0. The lowest BCUT2D eigenvalue weighted by atomic mass is 9.69. The van der Waals surface area contributed by atoms with Crippen molar-refractivity contribution in [3.63, 3.8) is 0 Å².